The SMILES string of the molecule is CC(=O)N1CCCCCCCN(C2CCOCC2)Cc2cc(C(=O)Nc3cccc(Cl)c3)ccc21. The van der Waals surface area contributed by atoms with Gasteiger partial charge in [-0.3, -0.25) is 14.5 Å². The molecular formula is C28H36ClN3O3. The fraction of sp³-hybridized carbons (Fsp3) is 0.500. The number of rotatable bonds is 3. The van der Waals surface area contributed by atoms with E-state index in [2.05, 4.69) is 10.2 Å². The molecule has 2 aliphatic rings. The van der Waals surface area contributed by atoms with Gasteiger partial charge in [0.1, 0.15) is 0 Å². The predicted octanol–water partition coefficient (Wildman–Crippen LogP) is 5.89. The molecule has 0 saturated carbocycles. The normalized spacial score (nSPS) is 18.7. The van der Waals surface area contributed by atoms with Crippen LogP contribution in [0, 0.1) is 0 Å². The van der Waals surface area contributed by atoms with Gasteiger partial charge in [-0.15, -0.1) is 0 Å². The molecule has 4 rings (SSSR count). The van der Waals surface area contributed by atoms with Gasteiger partial charge in [-0.1, -0.05) is 36.9 Å². The summed E-state index contributed by atoms with van der Waals surface area (Å²) in [6.07, 6.45) is 7.70. The largest absolute Gasteiger partial charge is 0.381 e. The zero-order valence-corrected chi connectivity index (χ0v) is 21.4. The van der Waals surface area contributed by atoms with Crippen molar-refractivity contribution >= 4 is 34.8 Å². The average molecular weight is 498 g/mol. The second-order valence-electron chi connectivity index (χ2n) is 9.56. The first-order chi connectivity index (χ1) is 17.0. The number of anilines is 2. The van der Waals surface area contributed by atoms with E-state index in [1.54, 1.807) is 19.1 Å². The molecule has 1 N–H and O–H groups in total. The Morgan fingerprint density at radius 3 is 2.46 bits per heavy atom. The molecule has 0 radical (unpaired) electrons. The number of nitrogens with one attached hydrogen (secondary N) is 1. The highest BCUT2D eigenvalue weighted by molar-refractivity contribution is 6.31. The zero-order valence-electron chi connectivity index (χ0n) is 20.6. The zero-order chi connectivity index (χ0) is 24.6. The summed E-state index contributed by atoms with van der Waals surface area (Å²) in [6.45, 7) is 5.63. The lowest BCUT2D eigenvalue weighted by molar-refractivity contribution is -0.116. The number of fused-ring (bicyclic) bond motifs is 1. The first-order valence-corrected chi connectivity index (χ1v) is 13.2. The summed E-state index contributed by atoms with van der Waals surface area (Å²) >= 11 is 6.09. The number of carbonyl (C=O) groups is 2. The molecule has 0 atom stereocenters. The van der Waals surface area contributed by atoms with Crippen LogP contribution in [0.25, 0.3) is 0 Å². The maximum absolute atomic E-state index is 13.1. The maximum atomic E-state index is 13.1. The molecule has 2 aromatic rings. The molecule has 0 aliphatic carbocycles. The van der Waals surface area contributed by atoms with Gasteiger partial charge in [0.15, 0.2) is 0 Å². The number of halogens is 1. The van der Waals surface area contributed by atoms with Gasteiger partial charge in [-0.05, 0) is 74.2 Å². The van der Waals surface area contributed by atoms with Gasteiger partial charge in [-0.25, -0.2) is 0 Å². The van der Waals surface area contributed by atoms with Crippen molar-refractivity contribution in [2.75, 3.05) is 36.5 Å². The van der Waals surface area contributed by atoms with Gasteiger partial charge in [0, 0.05) is 61.2 Å². The number of amides is 2. The third kappa shape index (κ3) is 7.06. The number of hydrogen-bond acceptors (Lipinski definition) is 4. The lowest BCUT2D eigenvalue weighted by Crippen LogP contribution is -2.40. The smallest absolute Gasteiger partial charge is 0.255 e. The lowest BCUT2D eigenvalue weighted by Gasteiger charge is -2.36. The molecule has 6 nitrogen and oxygen atoms in total. The molecule has 188 valence electrons. The lowest BCUT2D eigenvalue weighted by atomic mass is 10.0. The Morgan fingerprint density at radius 2 is 1.71 bits per heavy atom. The van der Waals surface area contributed by atoms with E-state index in [1.807, 2.05) is 35.2 Å². The molecule has 2 aromatic carbocycles. The van der Waals surface area contributed by atoms with Crippen molar-refractivity contribution in [2.45, 2.75) is 64.5 Å². The van der Waals surface area contributed by atoms with Crippen molar-refractivity contribution in [3.8, 4) is 0 Å². The molecule has 2 aliphatic heterocycles. The second-order valence-corrected chi connectivity index (χ2v) is 10.00. The molecule has 0 bridgehead atoms. The quantitative estimate of drug-likeness (QED) is 0.574. The van der Waals surface area contributed by atoms with Crippen molar-refractivity contribution in [3.05, 3.63) is 58.6 Å². The predicted molar refractivity (Wildman–Crippen MR) is 141 cm³/mol. The van der Waals surface area contributed by atoms with Crippen molar-refractivity contribution in [2.24, 2.45) is 0 Å². The van der Waals surface area contributed by atoms with Crippen LogP contribution in [0.5, 0.6) is 0 Å². The number of ether oxygens (including phenoxy) is 1. The monoisotopic (exact) mass is 497 g/mol. The van der Waals surface area contributed by atoms with Crippen LogP contribution in [0.3, 0.4) is 0 Å². The van der Waals surface area contributed by atoms with Crippen LogP contribution in [0.15, 0.2) is 42.5 Å². The molecule has 7 heteroatoms. The number of carbonyl (C=O) groups excluding carboxylic acids is 2. The summed E-state index contributed by atoms with van der Waals surface area (Å²) in [4.78, 5) is 30.2. The van der Waals surface area contributed by atoms with Crippen LogP contribution in [-0.4, -0.2) is 49.1 Å². The van der Waals surface area contributed by atoms with Crippen LogP contribution in [0.2, 0.25) is 5.02 Å². The third-order valence-corrected chi connectivity index (χ3v) is 7.24. The molecule has 0 unspecified atom stereocenters. The minimum absolute atomic E-state index is 0.0389. The van der Waals surface area contributed by atoms with E-state index in [9.17, 15) is 9.59 Å². The van der Waals surface area contributed by atoms with Crippen molar-refractivity contribution < 1.29 is 14.3 Å². The average Bonchev–Trinajstić information content (AvgIpc) is 2.84. The molecule has 1 saturated heterocycles. The minimum Gasteiger partial charge on any atom is -0.381 e. The minimum atomic E-state index is -0.187. The second kappa shape index (κ2) is 12.5. The summed E-state index contributed by atoms with van der Waals surface area (Å²) in [7, 11) is 0. The van der Waals surface area contributed by atoms with Crippen LogP contribution < -0.4 is 10.2 Å². The van der Waals surface area contributed by atoms with Gasteiger partial charge < -0.3 is 15.0 Å². The molecular weight excluding hydrogens is 462 g/mol. The highest BCUT2D eigenvalue weighted by atomic mass is 35.5. The van der Waals surface area contributed by atoms with E-state index >= 15 is 0 Å². The Hall–Kier alpha value is -2.41. The molecule has 2 amide bonds. The van der Waals surface area contributed by atoms with E-state index in [4.69, 9.17) is 16.3 Å². The summed E-state index contributed by atoms with van der Waals surface area (Å²) in [5.74, 6) is -0.148. The van der Waals surface area contributed by atoms with E-state index in [-0.39, 0.29) is 11.8 Å². The van der Waals surface area contributed by atoms with E-state index in [0.29, 0.717) is 35.4 Å². The van der Waals surface area contributed by atoms with Crippen LogP contribution >= 0.6 is 11.6 Å². The molecule has 2 heterocycles. The van der Waals surface area contributed by atoms with Crippen molar-refractivity contribution in [3.63, 3.8) is 0 Å². The van der Waals surface area contributed by atoms with E-state index < -0.39 is 0 Å². The molecule has 0 spiro atoms. The van der Waals surface area contributed by atoms with Crippen LogP contribution in [-0.2, 0) is 16.1 Å². The van der Waals surface area contributed by atoms with Gasteiger partial charge in [0.2, 0.25) is 5.91 Å². The van der Waals surface area contributed by atoms with Crippen molar-refractivity contribution in [1.82, 2.24) is 4.90 Å². The number of hydrogen-bond donors (Lipinski definition) is 1. The van der Waals surface area contributed by atoms with Crippen molar-refractivity contribution in [1.29, 1.82) is 0 Å². The summed E-state index contributed by atoms with van der Waals surface area (Å²) in [6, 6.07) is 13.3. The number of nitrogens with zero attached hydrogens (tertiary/aromatic N) is 2. The van der Waals surface area contributed by atoms with Crippen LogP contribution in [0.4, 0.5) is 11.4 Å². The van der Waals surface area contributed by atoms with Gasteiger partial charge in [-0.2, -0.15) is 0 Å². The molecule has 0 aromatic heterocycles. The Kier molecular flexibility index (Phi) is 9.18. The fourth-order valence-corrected chi connectivity index (χ4v) is 5.30. The van der Waals surface area contributed by atoms with Gasteiger partial charge >= 0.3 is 0 Å². The van der Waals surface area contributed by atoms with E-state index in [1.165, 1.54) is 12.8 Å². The van der Waals surface area contributed by atoms with Gasteiger partial charge in [0.25, 0.3) is 5.91 Å². The number of benzene rings is 2. The summed E-state index contributed by atoms with van der Waals surface area (Å²) in [5.41, 5.74) is 3.16. The van der Waals surface area contributed by atoms with Gasteiger partial charge in [0.05, 0.1) is 0 Å². The summed E-state index contributed by atoms with van der Waals surface area (Å²) in [5, 5.41) is 3.52. The summed E-state index contributed by atoms with van der Waals surface area (Å²) < 4.78 is 5.62. The topological polar surface area (TPSA) is 61.9 Å². The first kappa shape index (κ1) is 25.7. The maximum Gasteiger partial charge on any atom is 0.255 e. The third-order valence-electron chi connectivity index (χ3n) is 7.00. The Bertz CT molecular complexity index is 1020. The highest BCUT2D eigenvalue weighted by Gasteiger charge is 2.25. The first-order valence-electron chi connectivity index (χ1n) is 12.8. The Balaban J connectivity index is 1.66. The fourth-order valence-electron chi connectivity index (χ4n) is 5.11. The van der Waals surface area contributed by atoms with Crippen LogP contribution in [0.1, 0.15) is 67.8 Å². The Morgan fingerprint density at radius 1 is 0.971 bits per heavy atom. The highest BCUT2D eigenvalue weighted by Crippen LogP contribution is 2.28. The van der Waals surface area contributed by atoms with E-state index in [0.717, 1.165) is 63.1 Å². The molecule has 1 fully saturated rings. The standard InChI is InChI=1S/C28H36ClN3O3/c1-21(33)32-15-6-4-2-3-5-14-31(26-12-16-35-17-13-26)20-23-18-22(10-11-27(23)32)28(34)30-25-9-7-8-24(29)19-25/h7-11,18-19,26H,2-6,12-17,20H2,1H3,(H,30,34). The Labute approximate surface area is 213 Å². The molecule has 35 heavy (non-hydrogen) atoms.